The maximum absolute atomic E-state index is 12.8. The van der Waals surface area contributed by atoms with Gasteiger partial charge in [0.25, 0.3) is 5.91 Å². The lowest BCUT2D eigenvalue weighted by molar-refractivity contribution is 0.0626. The zero-order valence-electron chi connectivity index (χ0n) is 10.9. The first-order valence-corrected chi connectivity index (χ1v) is 7.85. The third-order valence-corrected chi connectivity index (χ3v) is 5.55. The number of rotatable bonds is 3. The summed E-state index contributed by atoms with van der Waals surface area (Å²) in [7, 11) is -3.55. The van der Waals surface area contributed by atoms with E-state index in [4.69, 9.17) is 4.42 Å². The minimum atomic E-state index is -3.55. The van der Waals surface area contributed by atoms with E-state index in [1.165, 1.54) is 29.4 Å². The molecule has 2 aromatic rings. The first-order chi connectivity index (χ1) is 9.98. The summed E-state index contributed by atoms with van der Waals surface area (Å²) in [5, 5.41) is -0.665. The summed E-state index contributed by atoms with van der Waals surface area (Å²) in [5.74, 6) is -0.629. The molecule has 1 saturated heterocycles. The Hall–Kier alpha value is -2.15. The number of hydrogen-bond donors (Lipinski definition) is 0. The molecular formula is C14H12FNO4S. The maximum Gasteiger partial charge on any atom is 0.289 e. The van der Waals surface area contributed by atoms with Gasteiger partial charge in [-0.3, -0.25) is 4.79 Å². The molecule has 5 nitrogen and oxygen atoms in total. The van der Waals surface area contributed by atoms with E-state index in [2.05, 4.69) is 0 Å². The van der Waals surface area contributed by atoms with Crippen molar-refractivity contribution in [3.63, 3.8) is 0 Å². The van der Waals surface area contributed by atoms with Crippen molar-refractivity contribution in [1.82, 2.24) is 4.90 Å². The lowest BCUT2D eigenvalue weighted by Gasteiger charge is -2.38. The Kier molecular flexibility index (Phi) is 3.29. The number of hydrogen-bond acceptors (Lipinski definition) is 4. The van der Waals surface area contributed by atoms with Gasteiger partial charge >= 0.3 is 0 Å². The molecule has 7 heteroatoms. The fraction of sp³-hybridized carbons (Fsp3) is 0.214. The highest BCUT2D eigenvalue weighted by molar-refractivity contribution is 7.92. The van der Waals surface area contributed by atoms with E-state index in [-0.39, 0.29) is 29.7 Å². The van der Waals surface area contributed by atoms with Crippen molar-refractivity contribution in [2.45, 2.75) is 10.1 Å². The Bertz CT molecular complexity index is 747. The quantitative estimate of drug-likeness (QED) is 0.810. The molecule has 3 rings (SSSR count). The van der Waals surface area contributed by atoms with Gasteiger partial charge in [-0.25, -0.2) is 12.8 Å². The molecule has 1 aliphatic heterocycles. The molecule has 0 atom stereocenters. The standard InChI is InChI=1S/C14H12FNO4S/c15-10-3-5-11(6-4-10)21(18,19)12-8-16(9-12)14(17)13-2-1-7-20-13/h1-7,12H,8-9H2. The summed E-state index contributed by atoms with van der Waals surface area (Å²) in [6.45, 7) is 0.221. The number of benzene rings is 1. The summed E-state index contributed by atoms with van der Waals surface area (Å²) in [6, 6.07) is 7.82. The van der Waals surface area contributed by atoms with Crippen LogP contribution in [0.15, 0.2) is 52.0 Å². The van der Waals surface area contributed by atoms with Crippen LogP contribution in [0.5, 0.6) is 0 Å². The fourth-order valence-electron chi connectivity index (χ4n) is 2.17. The Morgan fingerprint density at radius 1 is 1.19 bits per heavy atom. The molecule has 0 aliphatic carbocycles. The third kappa shape index (κ3) is 2.44. The Morgan fingerprint density at radius 2 is 1.86 bits per heavy atom. The van der Waals surface area contributed by atoms with E-state index >= 15 is 0 Å². The van der Waals surface area contributed by atoms with Crippen LogP contribution in [0.25, 0.3) is 0 Å². The van der Waals surface area contributed by atoms with Gasteiger partial charge < -0.3 is 9.32 Å². The van der Waals surface area contributed by atoms with Crippen LogP contribution in [0.4, 0.5) is 4.39 Å². The molecule has 110 valence electrons. The van der Waals surface area contributed by atoms with Crippen molar-refractivity contribution in [1.29, 1.82) is 0 Å². The lowest BCUT2D eigenvalue weighted by atomic mass is 10.2. The number of amides is 1. The summed E-state index contributed by atoms with van der Waals surface area (Å²) in [4.78, 5) is 13.4. The predicted molar refractivity (Wildman–Crippen MR) is 72.0 cm³/mol. The first-order valence-electron chi connectivity index (χ1n) is 6.31. The molecule has 1 fully saturated rings. The molecule has 1 aliphatic rings. The van der Waals surface area contributed by atoms with E-state index in [1.807, 2.05) is 0 Å². The predicted octanol–water partition coefficient (Wildman–Crippen LogP) is 1.72. The molecule has 0 unspecified atom stereocenters. The minimum absolute atomic E-state index is 0.0685. The Morgan fingerprint density at radius 3 is 2.43 bits per heavy atom. The molecule has 1 amide bonds. The van der Waals surface area contributed by atoms with Gasteiger partial charge in [-0.2, -0.15) is 0 Å². The van der Waals surface area contributed by atoms with Crippen LogP contribution in [0.2, 0.25) is 0 Å². The van der Waals surface area contributed by atoms with Crippen LogP contribution in [0.3, 0.4) is 0 Å². The van der Waals surface area contributed by atoms with Crippen LogP contribution in [0.1, 0.15) is 10.6 Å². The summed E-state index contributed by atoms with van der Waals surface area (Å²) < 4.78 is 42.4. The Labute approximate surface area is 120 Å². The number of halogens is 1. The number of nitrogens with zero attached hydrogens (tertiary/aromatic N) is 1. The summed E-state index contributed by atoms with van der Waals surface area (Å²) in [5.41, 5.74) is 0. The number of carbonyl (C=O) groups excluding carboxylic acids is 1. The van der Waals surface area contributed by atoms with E-state index in [9.17, 15) is 17.6 Å². The van der Waals surface area contributed by atoms with Gasteiger partial charge in [-0.15, -0.1) is 0 Å². The second kappa shape index (κ2) is 5.00. The normalized spacial score (nSPS) is 15.8. The van der Waals surface area contributed by atoms with Gasteiger partial charge in [-0.1, -0.05) is 0 Å². The summed E-state index contributed by atoms with van der Waals surface area (Å²) >= 11 is 0. The van der Waals surface area contributed by atoms with Gasteiger partial charge in [0.15, 0.2) is 15.6 Å². The van der Waals surface area contributed by atoms with Crippen molar-refractivity contribution in [3.05, 3.63) is 54.2 Å². The first kappa shape index (κ1) is 13.8. The molecule has 1 aromatic heterocycles. The van der Waals surface area contributed by atoms with Crippen molar-refractivity contribution in [2.75, 3.05) is 13.1 Å². The molecule has 0 N–H and O–H groups in total. The van der Waals surface area contributed by atoms with Crippen molar-refractivity contribution >= 4 is 15.7 Å². The highest BCUT2D eigenvalue weighted by atomic mass is 32.2. The third-order valence-electron chi connectivity index (χ3n) is 3.45. The SMILES string of the molecule is O=C(c1ccco1)N1CC(S(=O)(=O)c2ccc(F)cc2)C1. The Balaban J connectivity index is 1.71. The summed E-state index contributed by atoms with van der Waals surface area (Å²) in [6.07, 6.45) is 1.39. The number of furan rings is 1. The zero-order chi connectivity index (χ0) is 15.0. The molecule has 2 heterocycles. The lowest BCUT2D eigenvalue weighted by Crippen LogP contribution is -2.56. The molecule has 0 bridgehead atoms. The van der Waals surface area contributed by atoms with Gasteiger partial charge in [0, 0.05) is 13.1 Å². The monoisotopic (exact) mass is 309 g/mol. The highest BCUT2D eigenvalue weighted by Gasteiger charge is 2.41. The van der Waals surface area contributed by atoms with E-state index < -0.39 is 20.9 Å². The number of likely N-dealkylation sites (tertiary alicyclic amines) is 1. The second-order valence-corrected chi connectivity index (χ2v) is 7.04. The van der Waals surface area contributed by atoms with Crippen molar-refractivity contribution < 1.29 is 22.0 Å². The van der Waals surface area contributed by atoms with Gasteiger partial charge in [0.1, 0.15) is 11.1 Å². The van der Waals surface area contributed by atoms with Gasteiger partial charge in [0.05, 0.1) is 11.2 Å². The second-order valence-electron chi connectivity index (χ2n) is 4.81. The van der Waals surface area contributed by atoms with Crippen LogP contribution in [-0.4, -0.2) is 37.6 Å². The molecule has 0 radical (unpaired) electrons. The van der Waals surface area contributed by atoms with Crippen LogP contribution in [0, 0.1) is 5.82 Å². The molecule has 0 spiro atoms. The number of sulfone groups is 1. The number of carbonyl (C=O) groups is 1. The van der Waals surface area contributed by atoms with Crippen molar-refractivity contribution in [2.24, 2.45) is 0 Å². The average molecular weight is 309 g/mol. The van der Waals surface area contributed by atoms with Crippen LogP contribution >= 0.6 is 0 Å². The van der Waals surface area contributed by atoms with Gasteiger partial charge in [0.2, 0.25) is 0 Å². The zero-order valence-corrected chi connectivity index (χ0v) is 11.7. The van der Waals surface area contributed by atoms with Crippen LogP contribution < -0.4 is 0 Å². The largest absolute Gasteiger partial charge is 0.459 e. The molecule has 0 saturated carbocycles. The van der Waals surface area contributed by atoms with Crippen LogP contribution in [-0.2, 0) is 9.84 Å². The topological polar surface area (TPSA) is 67.6 Å². The van der Waals surface area contributed by atoms with E-state index in [0.717, 1.165) is 12.1 Å². The minimum Gasteiger partial charge on any atom is -0.459 e. The highest BCUT2D eigenvalue weighted by Crippen LogP contribution is 2.25. The molecule has 21 heavy (non-hydrogen) atoms. The van der Waals surface area contributed by atoms with E-state index in [1.54, 1.807) is 6.07 Å². The van der Waals surface area contributed by atoms with Crippen molar-refractivity contribution in [3.8, 4) is 0 Å². The molecule has 1 aromatic carbocycles. The molecular weight excluding hydrogens is 297 g/mol. The van der Waals surface area contributed by atoms with Gasteiger partial charge in [-0.05, 0) is 36.4 Å². The smallest absolute Gasteiger partial charge is 0.289 e. The van der Waals surface area contributed by atoms with E-state index in [0.29, 0.717) is 0 Å². The average Bonchev–Trinajstić information content (AvgIpc) is 2.90. The fourth-order valence-corrected chi connectivity index (χ4v) is 3.83. The maximum atomic E-state index is 12.8.